The highest BCUT2D eigenvalue weighted by molar-refractivity contribution is 5.95. The fraction of sp³-hybridized carbons (Fsp3) is 0.692. The molecule has 2 N–H and O–H groups in total. The largest absolute Gasteiger partial charge is 0.330 e. The Bertz CT molecular complexity index is 340. The molecule has 0 saturated heterocycles. The third-order valence-electron chi connectivity index (χ3n) is 3.08. The lowest BCUT2D eigenvalue weighted by Crippen LogP contribution is -2.10. The van der Waals surface area contributed by atoms with Crippen LogP contribution in [0.3, 0.4) is 0 Å². The second kappa shape index (κ2) is 7.22. The van der Waals surface area contributed by atoms with Crippen molar-refractivity contribution in [3.05, 3.63) is 18.0 Å². The van der Waals surface area contributed by atoms with Gasteiger partial charge in [-0.25, -0.2) is 0 Å². The molecule has 1 aromatic heterocycles. The van der Waals surface area contributed by atoms with E-state index in [-0.39, 0.29) is 5.78 Å². The average molecular weight is 237 g/mol. The van der Waals surface area contributed by atoms with Crippen molar-refractivity contribution >= 4 is 5.78 Å². The summed E-state index contributed by atoms with van der Waals surface area (Å²) < 4.78 is 1.66. The lowest BCUT2D eigenvalue weighted by molar-refractivity contribution is 0.0972. The second-order valence-electron chi connectivity index (χ2n) is 4.60. The lowest BCUT2D eigenvalue weighted by Gasteiger charge is -2.13. The van der Waals surface area contributed by atoms with E-state index in [1.54, 1.807) is 17.1 Å². The smallest absolute Gasteiger partial charge is 0.166 e. The molecule has 0 aliphatic rings. The van der Waals surface area contributed by atoms with Gasteiger partial charge in [-0.3, -0.25) is 9.48 Å². The Morgan fingerprint density at radius 3 is 2.76 bits per heavy atom. The zero-order valence-electron chi connectivity index (χ0n) is 10.9. The van der Waals surface area contributed by atoms with Crippen LogP contribution in [0.4, 0.5) is 0 Å². The molecule has 0 aliphatic carbocycles. The highest BCUT2D eigenvalue weighted by Gasteiger charge is 2.12. The first-order valence-corrected chi connectivity index (χ1v) is 6.39. The lowest BCUT2D eigenvalue weighted by atomic mass is 9.93. The predicted octanol–water partition coefficient (Wildman–Crippen LogP) is 2.15. The Kier molecular flexibility index (Phi) is 5.91. The minimum Gasteiger partial charge on any atom is -0.330 e. The fourth-order valence-corrected chi connectivity index (χ4v) is 2.12. The molecule has 96 valence electrons. The van der Waals surface area contributed by atoms with E-state index in [4.69, 9.17) is 5.73 Å². The van der Waals surface area contributed by atoms with E-state index < -0.39 is 0 Å². The summed E-state index contributed by atoms with van der Waals surface area (Å²) in [6, 6.07) is 0. The first-order valence-electron chi connectivity index (χ1n) is 6.39. The molecule has 0 fully saturated rings. The third-order valence-corrected chi connectivity index (χ3v) is 3.08. The molecule has 0 amide bonds. The van der Waals surface area contributed by atoms with Crippen molar-refractivity contribution in [1.29, 1.82) is 0 Å². The van der Waals surface area contributed by atoms with E-state index in [0.717, 1.165) is 31.2 Å². The molecule has 17 heavy (non-hydrogen) atoms. The zero-order valence-corrected chi connectivity index (χ0v) is 10.9. The van der Waals surface area contributed by atoms with Crippen LogP contribution >= 0.6 is 0 Å². The number of rotatable bonds is 8. The van der Waals surface area contributed by atoms with Crippen LogP contribution in [-0.4, -0.2) is 22.1 Å². The maximum Gasteiger partial charge on any atom is 0.166 e. The number of nitrogens with two attached hydrogens (primary N) is 1. The van der Waals surface area contributed by atoms with E-state index in [2.05, 4.69) is 12.0 Å². The number of aromatic nitrogens is 2. The molecule has 4 nitrogen and oxygen atoms in total. The Morgan fingerprint density at radius 1 is 1.47 bits per heavy atom. The Morgan fingerprint density at radius 2 is 2.24 bits per heavy atom. The van der Waals surface area contributed by atoms with Gasteiger partial charge in [0, 0.05) is 19.7 Å². The normalized spacial score (nSPS) is 12.6. The van der Waals surface area contributed by atoms with Crippen molar-refractivity contribution < 1.29 is 4.79 Å². The molecule has 4 heteroatoms. The monoisotopic (exact) mass is 237 g/mol. The summed E-state index contributed by atoms with van der Waals surface area (Å²) in [6.45, 7) is 2.89. The first kappa shape index (κ1) is 13.9. The van der Waals surface area contributed by atoms with Gasteiger partial charge in [0.1, 0.15) is 0 Å². The summed E-state index contributed by atoms with van der Waals surface area (Å²) in [5, 5.41) is 4.01. The molecule has 0 saturated carbocycles. The molecule has 0 aliphatic heterocycles. The summed E-state index contributed by atoms with van der Waals surface area (Å²) in [5.74, 6) is 0.779. The minimum atomic E-state index is 0.191. The van der Waals surface area contributed by atoms with E-state index in [9.17, 15) is 4.79 Å². The van der Waals surface area contributed by atoms with Crippen molar-refractivity contribution in [3.8, 4) is 0 Å². The summed E-state index contributed by atoms with van der Waals surface area (Å²) >= 11 is 0. The minimum absolute atomic E-state index is 0.191. The Hall–Kier alpha value is -1.16. The van der Waals surface area contributed by atoms with Crippen LogP contribution in [-0.2, 0) is 7.05 Å². The number of ketones is 1. The third kappa shape index (κ3) is 4.69. The molecule has 0 aromatic carbocycles. The molecule has 1 heterocycles. The van der Waals surface area contributed by atoms with Crippen molar-refractivity contribution in [3.63, 3.8) is 0 Å². The van der Waals surface area contributed by atoms with Crippen LogP contribution in [0, 0.1) is 5.92 Å². The quantitative estimate of drug-likeness (QED) is 0.705. The number of carbonyl (C=O) groups is 1. The second-order valence-corrected chi connectivity index (χ2v) is 4.60. The maximum absolute atomic E-state index is 11.9. The van der Waals surface area contributed by atoms with Crippen LogP contribution in [0.2, 0.25) is 0 Å². The van der Waals surface area contributed by atoms with Crippen LogP contribution < -0.4 is 5.73 Å². The molecular formula is C13H23N3O. The number of hydrogen-bond acceptors (Lipinski definition) is 3. The molecule has 0 spiro atoms. The van der Waals surface area contributed by atoms with Crippen LogP contribution in [0.5, 0.6) is 0 Å². The Balaban J connectivity index is 2.40. The molecule has 1 atom stereocenters. The van der Waals surface area contributed by atoms with Gasteiger partial charge in [0.2, 0.25) is 0 Å². The molecular weight excluding hydrogens is 214 g/mol. The van der Waals surface area contributed by atoms with Gasteiger partial charge >= 0.3 is 0 Å². The average Bonchev–Trinajstić information content (AvgIpc) is 2.73. The molecule has 1 rings (SSSR count). The molecule has 0 radical (unpaired) electrons. The van der Waals surface area contributed by atoms with Crippen molar-refractivity contribution in [1.82, 2.24) is 9.78 Å². The van der Waals surface area contributed by atoms with Gasteiger partial charge in [-0.15, -0.1) is 0 Å². The summed E-state index contributed by atoms with van der Waals surface area (Å²) in [6.07, 6.45) is 8.31. The van der Waals surface area contributed by atoms with Crippen LogP contribution in [0.15, 0.2) is 12.4 Å². The number of carbonyl (C=O) groups excluding carboxylic acids is 1. The first-order chi connectivity index (χ1) is 8.17. The zero-order chi connectivity index (χ0) is 12.7. The van der Waals surface area contributed by atoms with Gasteiger partial charge in [-0.1, -0.05) is 19.8 Å². The molecule has 1 aromatic rings. The van der Waals surface area contributed by atoms with Crippen molar-refractivity contribution in [2.24, 2.45) is 18.7 Å². The maximum atomic E-state index is 11.9. The van der Waals surface area contributed by atoms with Gasteiger partial charge < -0.3 is 5.73 Å². The van der Waals surface area contributed by atoms with E-state index in [0.29, 0.717) is 18.9 Å². The van der Waals surface area contributed by atoms with Gasteiger partial charge in [-0.2, -0.15) is 5.10 Å². The predicted molar refractivity (Wildman–Crippen MR) is 68.8 cm³/mol. The van der Waals surface area contributed by atoms with Crippen LogP contribution in [0.1, 0.15) is 49.4 Å². The van der Waals surface area contributed by atoms with Crippen molar-refractivity contribution in [2.45, 2.75) is 39.0 Å². The highest BCUT2D eigenvalue weighted by atomic mass is 16.1. The number of aryl methyl sites for hydroxylation is 1. The number of hydrogen-bond donors (Lipinski definition) is 1. The summed E-state index contributed by atoms with van der Waals surface area (Å²) in [5.41, 5.74) is 6.30. The standard InChI is InChI=1S/C13H23N3O/c1-3-4-11(7-8-14)5-6-13(17)12-9-15-16(2)10-12/h9-11H,3-8,14H2,1-2H3. The van der Waals surface area contributed by atoms with E-state index in [1.807, 2.05) is 7.05 Å². The van der Waals surface area contributed by atoms with Crippen LogP contribution in [0.25, 0.3) is 0 Å². The van der Waals surface area contributed by atoms with Gasteiger partial charge in [0.25, 0.3) is 0 Å². The summed E-state index contributed by atoms with van der Waals surface area (Å²) in [4.78, 5) is 11.9. The van der Waals surface area contributed by atoms with Gasteiger partial charge in [0.05, 0.1) is 11.8 Å². The van der Waals surface area contributed by atoms with Gasteiger partial charge in [-0.05, 0) is 25.3 Å². The molecule has 1 unspecified atom stereocenters. The topological polar surface area (TPSA) is 60.9 Å². The Labute approximate surface area is 103 Å². The molecule has 0 bridgehead atoms. The van der Waals surface area contributed by atoms with E-state index >= 15 is 0 Å². The fourth-order valence-electron chi connectivity index (χ4n) is 2.12. The summed E-state index contributed by atoms with van der Waals surface area (Å²) in [7, 11) is 1.82. The number of Topliss-reactive ketones (excluding diaryl/α,β-unsaturated/α-hetero) is 1. The SMILES string of the molecule is CCCC(CCN)CCC(=O)c1cnn(C)c1. The van der Waals surface area contributed by atoms with Gasteiger partial charge in [0.15, 0.2) is 5.78 Å². The van der Waals surface area contributed by atoms with Crippen molar-refractivity contribution in [2.75, 3.05) is 6.54 Å². The van der Waals surface area contributed by atoms with E-state index in [1.165, 1.54) is 0 Å². The number of nitrogens with zero attached hydrogens (tertiary/aromatic N) is 2. The highest BCUT2D eigenvalue weighted by Crippen LogP contribution is 2.18.